The van der Waals surface area contributed by atoms with Gasteiger partial charge in [-0.05, 0) is 25.5 Å². The van der Waals surface area contributed by atoms with Gasteiger partial charge in [-0.25, -0.2) is 4.57 Å². The molecule has 4 nitrogen and oxygen atoms in total. The number of nitrogens with one attached hydrogen (secondary N) is 1. The molecule has 1 aliphatic rings. The molecule has 0 atom stereocenters. The second-order valence-electron chi connectivity index (χ2n) is 4.85. The topological polar surface area (TPSA) is 36.2 Å². The van der Waals surface area contributed by atoms with Crippen molar-refractivity contribution in [3.8, 4) is 0 Å². The number of aryl methyl sites for hydroxylation is 2. The van der Waals surface area contributed by atoms with Crippen LogP contribution in [0.5, 0.6) is 0 Å². The zero-order valence-electron chi connectivity index (χ0n) is 11.1. The molecule has 0 aromatic carbocycles. The van der Waals surface area contributed by atoms with Crippen LogP contribution >= 0.6 is 0 Å². The lowest BCUT2D eigenvalue weighted by Gasteiger charge is -2.19. The summed E-state index contributed by atoms with van der Waals surface area (Å²) >= 11 is 0. The summed E-state index contributed by atoms with van der Waals surface area (Å²) in [6.07, 6.45) is 5.72. The normalized spacial score (nSPS) is 16.4. The highest BCUT2D eigenvalue weighted by Gasteiger charge is 2.16. The zero-order chi connectivity index (χ0) is 12.8. The molecule has 18 heavy (non-hydrogen) atoms. The molecule has 0 unspecified atom stereocenters. The SMILES string of the molecule is Cc1cc[n+](CCC(=O)N2CCCNCC2)cc1. The molecule has 4 heteroatoms. The largest absolute Gasteiger partial charge is 0.341 e. The lowest BCUT2D eigenvalue weighted by molar-refractivity contribution is -0.696. The van der Waals surface area contributed by atoms with Crippen LogP contribution in [-0.4, -0.2) is 37.0 Å². The third-order valence-electron chi connectivity index (χ3n) is 3.33. The number of hydrogen-bond acceptors (Lipinski definition) is 2. The smallest absolute Gasteiger partial charge is 0.228 e. The van der Waals surface area contributed by atoms with Gasteiger partial charge in [0.05, 0.1) is 6.42 Å². The van der Waals surface area contributed by atoms with Gasteiger partial charge in [-0.3, -0.25) is 4.79 Å². The summed E-state index contributed by atoms with van der Waals surface area (Å²) < 4.78 is 2.07. The van der Waals surface area contributed by atoms with Gasteiger partial charge in [0.15, 0.2) is 18.9 Å². The van der Waals surface area contributed by atoms with Gasteiger partial charge in [0.25, 0.3) is 0 Å². The average molecular weight is 248 g/mol. The number of nitrogens with zero attached hydrogens (tertiary/aromatic N) is 2. The molecule has 1 amide bonds. The minimum atomic E-state index is 0.270. The molecular formula is C14H22N3O+. The molecule has 0 saturated carbocycles. The van der Waals surface area contributed by atoms with Crippen molar-refractivity contribution in [2.45, 2.75) is 26.3 Å². The van der Waals surface area contributed by atoms with Gasteiger partial charge >= 0.3 is 0 Å². The molecule has 1 aromatic rings. The molecule has 1 aliphatic heterocycles. The molecule has 0 bridgehead atoms. The second kappa shape index (κ2) is 6.50. The molecule has 2 rings (SSSR count). The van der Waals surface area contributed by atoms with Gasteiger partial charge < -0.3 is 10.2 Å². The van der Waals surface area contributed by atoms with Crippen molar-refractivity contribution in [2.75, 3.05) is 26.2 Å². The minimum absolute atomic E-state index is 0.270. The van der Waals surface area contributed by atoms with E-state index in [0.29, 0.717) is 6.42 Å². The van der Waals surface area contributed by atoms with E-state index in [1.165, 1.54) is 5.56 Å². The fourth-order valence-corrected chi connectivity index (χ4v) is 2.16. The monoisotopic (exact) mass is 248 g/mol. The first kappa shape index (κ1) is 13.0. The fraction of sp³-hybridized carbons (Fsp3) is 0.571. The predicted molar refractivity (Wildman–Crippen MR) is 70.1 cm³/mol. The van der Waals surface area contributed by atoms with Crippen LogP contribution in [0.15, 0.2) is 24.5 Å². The van der Waals surface area contributed by atoms with E-state index < -0.39 is 0 Å². The second-order valence-corrected chi connectivity index (χ2v) is 4.85. The first-order valence-electron chi connectivity index (χ1n) is 6.70. The predicted octanol–water partition coefficient (Wildman–Crippen LogP) is 0.495. The highest BCUT2D eigenvalue weighted by Crippen LogP contribution is 1.99. The number of pyridine rings is 1. The highest BCUT2D eigenvalue weighted by molar-refractivity contribution is 5.75. The van der Waals surface area contributed by atoms with Crippen LogP contribution in [0.1, 0.15) is 18.4 Å². The molecule has 0 radical (unpaired) electrons. The maximum Gasteiger partial charge on any atom is 0.228 e. The molecule has 2 heterocycles. The molecule has 0 aliphatic carbocycles. The first-order valence-corrected chi connectivity index (χ1v) is 6.70. The van der Waals surface area contributed by atoms with Gasteiger partial charge in [-0.2, -0.15) is 0 Å². The van der Waals surface area contributed by atoms with Gasteiger partial charge in [-0.1, -0.05) is 0 Å². The van der Waals surface area contributed by atoms with Crippen LogP contribution in [-0.2, 0) is 11.3 Å². The Morgan fingerprint density at radius 3 is 2.89 bits per heavy atom. The van der Waals surface area contributed by atoms with Gasteiger partial charge in [0, 0.05) is 31.8 Å². The molecule has 0 spiro atoms. The fourth-order valence-electron chi connectivity index (χ4n) is 2.16. The van der Waals surface area contributed by atoms with Crippen LogP contribution in [0, 0.1) is 6.92 Å². The highest BCUT2D eigenvalue weighted by atomic mass is 16.2. The number of carbonyl (C=O) groups is 1. The minimum Gasteiger partial charge on any atom is -0.341 e. The summed E-state index contributed by atoms with van der Waals surface area (Å²) in [6, 6.07) is 4.14. The molecule has 98 valence electrons. The van der Waals surface area contributed by atoms with Crippen molar-refractivity contribution in [3.63, 3.8) is 0 Å². The Kier molecular flexibility index (Phi) is 4.70. The Hall–Kier alpha value is -1.42. The van der Waals surface area contributed by atoms with E-state index in [4.69, 9.17) is 0 Å². The third-order valence-corrected chi connectivity index (χ3v) is 3.33. The molecule has 1 fully saturated rings. The Morgan fingerprint density at radius 2 is 2.11 bits per heavy atom. The number of hydrogen-bond donors (Lipinski definition) is 1. The van der Waals surface area contributed by atoms with Gasteiger partial charge in [0.1, 0.15) is 0 Å². The first-order chi connectivity index (χ1) is 8.75. The van der Waals surface area contributed by atoms with E-state index in [2.05, 4.69) is 28.9 Å². The lowest BCUT2D eigenvalue weighted by atomic mass is 10.3. The van der Waals surface area contributed by atoms with Crippen molar-refractivity contribution in [2.24, 2.45) is 0 Å². The van der Waals surface area contributed by atoms with E-state index >= 15 is 0 Å². The van der Waals surface area contributed by atoms with E-state index in [1.807, 2.05) is 17.3 Å². The summed E-state index contributed by atoms with van der Waals surface area (Å²) in [5.74, 6) is 0.270. The third kappa shape index (κ3) is 3.81. The Bertz CT molecular complexity index is 381. The average Bonchev–Trinajstić information content (AvgIpc) is 2.66. The summed E-state index contributed by atoms with van der Waals surface area (Å²) in [5.41, 5.74) is 1.25. The Balaban J connectivity index is 1.81. The van der Waals surface area contributed by atoms with E-state index in [1.54, 1.807) is 0 Å². The standard InChI is InChI=1S/C14H22N3O/c1-13-3-9-16(10-4-13)11-5-14(18)17-8-2-6-15-7-12-17/h3-4,9-10,15H,2,5-8,11-12H2,1H3/q+1. The molecule has 1 N–H and O–H groups in total. The number of aromatic nitrogens is 1. The van der Waals surface area contributed by atoms with Crippen LogP contribution in [0.4, 0.5) is 0 Å². The van der Waals surface area contributed by atoms with Crippen molar-refractivity contribution in [1.29, 1.82) is 0 Å². The van der Waals surface area contributed by atoms with Gasteiger partial charge in [0.2, 0.25) is 5.91 Å². The summed E-state index contributed by atoms with van der Waals surface area (Å²) in [6.45, 7) is 6.52. The van der Waals surface area contributed by atoms with Crippen molar-refractivity contribution >= 4 is 5.91 Å². The van der Waals surface area contributed by atoms with Crippen molar-refractivity contribution < 1.29 is 9.36 Å². The summed E-state index contributed by atoms with van der Waals surface area (Å²) in [7, 11) is 0. The quantitative estimate of drug-likeness (QED) is 0.791. The Labute approximate surface area is 109 Å². The van der Waals surface area contributed by atoms with Crippen LogP contribution in [0.25, 0.3) is 0 Å². The number of carbonyl (C=O) groups excluding carboxylic acids is 1. The number of rotatable bonds is 3. The molecule has 1 aromatic heterocycles. The van der Waals surface area contributed by atoms with E-state index in [0.717, 1.165) is 39.1 Å². The summed E-state index contributed by atoms with van der Waals surface area (Å²) in [5, 5.41) is 3.31. The van der Waals surface area contributed by atoms with Crippen molar-refractivity contribution in [1.82, 2.24) is 10.2 Å². The Morgan fingerprint density at radius 1 is 1.33 bits per heavy atom. The molecule has 1 saturated heterocycles. The zero-order valence-corrected chi connectivity index (χ0v) is 11.1. The maximum atomic E-state index is 12.1. The van der Waals surface area contributed by atoms with Gasteiger partial charge in [-0.15, -0.1) is 0 Å². The van der Waals surface area contributed by atoms with Crippen LogP contribution in [0.2, 0.25) is 0 Å². The van der Waals surface area contributed by atoms with Crippen LogP contribution in [0.3, 0.4) is 0 Å². The van der Waals surface area contributed by atoms with Crippen LogP contribution < -0.4 is 9.88 Å². The summed E-state index contributed by atoms with van der Waals surface area (Å²) in [4.78, 5) is 14.1. The van der Waals surface area contributed by atoms with E-state index in [-0.39, 0.29) is 5.91 Å². The van der Waals surface area contributed by atoms with Crippen molar-refractivity contribution in [3.05, 3.63) is 30.1 Å². The van der Waals surface area contributed by atoms with E-state index in [9.17, 15) is 4.79 Å². The lowest BCUT2D eigenvalue weighted by Crippen LogP contribution is -2.39. The maximum absolute atomic E-state index is 12.1. The number of amides is 1. The molecular weight excluding hydrogens is 226 g/mol.